The summed E-state index contributed by atoms with van der Waals surface area (Å²) in [7, 11) is 3.47. The first kappa shape index (κ1) is 17.3. The highest BCUT2D eigenvalue weighted by atomic mass is 16.2. The van der Waals surface area contributed by atoms with Crippen molar-refractivity contribution in [1.82, 2.24) is 9.80 Å². The fourth-order valence-electron chi connectivity index (χ4n) is 2.18. The Kier molecular flexibility index (Phi) is 7.02. The van der Waals surface area contributed by atoms with Crippen LogP contribution >= 0.6 is 0 Å². The summed E-state index contributed by atoms with van der Waals surface area (Å²) in [4.78, 5) is 15.8. The van der Waals surface area contributed by atoms with Crippen LogP contribution in [-0.2, 0) is 0 Å². The van der Waals surface area contributed by atoms with Crippen molar-refractivity contribution in [3.63, 3.8) is 0 Å². The predicted molar refractivity (Wildman–Crippen MR) is 89.8 cm³/mol. The number of nitrogens with zero attached hydrogens (tertiary/aromatic N) is 2. The number of carbonyl (C=O) groups excluding carboxylic acids is 1. The van der Waals surface area contributed by atoms with E-state index in [0.717, 1.165) is 38.3 Å². The van der Waals surface area contributed by atoms with E-state index in [4.69, 9.17) is 5.73 Å². The number of amides is 1. The quantitative estimate of drug-likeness (QED) is 0.569. The van der Waals surface area contributed by atoms with Crippen molar-refractivity contribution in [3.8, 4) is 0 Å². The summed E-state index contributed by atoms with van der Waals surface area (Å²) in [5.74, 6) is -0.0326. The molecule has 1 aromatic carbocycles. The van der Waals surface area contributed by atoms with Gasteiger partial charge in [0.1, 0.15) is 0 Å². The van der Waals surface area contributed by atoms with E-state index in [1.54, 1.807) is 25.1 Å². The minimum Gasteiger partial charge on any atom is -0.397 e. The third kappa shape index (κ3) is 5.27. The molecule has 0 saturated carbocycles. The maximum absolute atomic E-state index is 11.9. The zero-order valence-corrected chi connectivity index (χ0v) is 13.6. The molecule has 0 bridgehead atoms. The molecule has 1 aromatic rings. The van der Waals surface area contributed by atoms with Crippen LogP contribution in [0, 0.1) is 0 Å². The van der Waals surface area contributed by atoms with Gasteiger partial charge in [0, 0.05) is 26.2 Å². The van der Waals surface area contributed by atoms with E-state index >= 15 is 0 Å². The number of nitrogens with one attached hydrogen (secondary N) is 1. The van der Waals surface area contributed by atoms with Crippen LogP contribution in [0.2, 0.25) is 0 Å². The lowest BCUT2D eigenvalue weighted by molar-refractivity contribution is 0.0827. The second kappa shape index (κ2) is 8.52. The lowest BCUT2D eigenvalue weighted by Gasteiger charge is -2.18. The first-order chi connectivity index (χ1) is 9.99. The van der Waals surface area contributed by atoms with Crippen LogP contribution in [0.3, 0.4) is 0 Å². The molecule has 0 spiro atoms. The van der Waals surface area contributed by atoms with E-state index in [2.05, 4.69) is 24.1 Å². The SMILES string of the molecule is CCN(CC)CCCNc1ccc(C(=O)N(C)C)cc1N. The average molecular weight is 292 g/mol. The fraction of sp³-hybridized carbons (Fsp3) is 0.562. The first-order valence-corrected chi connectivity index (χ1v) is 7.57. The van der Waals surface area contributed by atoms with E-state index in [1.165, 1.54) is 0 Å². The van der Waals surface area contributed by atoms with Gasteiger partial charge in [0.15, 0.2) is 0 Å². The molecule has 0 aliphatic carbocycles. The van der Waals surface area contributed by atoms with Gasteiger partial charge in [-0.15, -0.1) is 0 Å². The van der Waals surface area contributed by atoms with Gasteiger partial charge in [-0.05, 0) is 44.3 Å². The maximum Gasteiger partial charge on any atom is 0.253 e. The topological polar surface area (TPSA) is 61.6 Å². The average Bonchev–Trinajstić information content (AvgIpc) is 2.47. The molecule has 0 radical (unpaired) electrons. The summed E-state index contributed by atoms with van der Waals surface area (Å²) in [6.45, 7) is 8.48. The molecule has 0 fully saturated rings. The number of anilines is 2. The molecule has 1 amide bonds. The molecule has 1 rings (SSSR count). The van der Waals surface area contributed by atoms with Gasteiger partial charge in [-0.2, -0.15) is 0 Å². The van der Waals surface area contributed by atoms with Gasteiger partial charge in [-0.1, -0.05) is 13.8 Å². The Morgan fingerprint density at radius 1 is 1.24 bits per heavy atom. The molecule has 3 N–H and O–H groups in total. The zero-order valence-electron chi connectivity index (χ0n) is 13.6. The van der Waals surface area contributed by atoms with Crippen LogP contribution in [0.15, 0.2) is 18.2 Å². The van der Waals surface area contributed by atoms with E-state index in [9.17, 15) is 4.79 Å². The molecule has 5 nitrogen and oxygen atoms in total. The van der Waals surface area contributed by atoms with Gasteiger partial charge >= 0.3 is 0 Å². The van der Waals surface area contributed by atoms with Crippen molar-refractivity contribution in [2.24, 2.45) is 0 Å². The van der Waals surface area contributed by atoms with Crippen LogP contribution < -0.4 is 11.1 Å². The Morgan fingerprint density at radius 2 is 1.90 bits per heavy atom. The molecule has 0 aliphatic rings. The minimum atomic E-state index is -0.0326. The molecule has 118 valence electrons. The standard InChI is InChI=1S/C16H28N4O/c1-5-20(6-2)11-7-10-18-15-9-8-13(12-14(15)17)16(21)19(3)4/h8-9,12,18H,5-7,10-11,17H2,1-4H3. The van der Waals surface area contributed by atoms with Crippen molar-refractivity contribution in [2.45, 2.75) is 20.3 Å². The number of nitrogens with two attached hydrogens (primary N) is 1. The van der Waals surface area contributed by atoms with Gasteiger partial charge in [0.05, 0.1) is 11.4 Å². The second-order valence-corrected chi connectivity index (χ2v) is 5.31. The number of carbonyl (C=O) groups is 1. The smallest absolute Gasteiger partial charge is 0.253 e. The Morgan fingerprint density at radius 3 is 2.43 bits per heavy atom. The molecule has 5 heteroatoms. The molecule has 0 atom stereocenters. The largest absolute Gasteiger partial charge is 0.397 e. The highest BCUT2D eigenvalue weighted by Crippen LogP contribution is 2.20. The Hall–Kier alpha value is -1.75. The molecule has 0 unspecified atom stereocenters. The van der Waals surface area contributed by atoms with Gasteiger partial charge < -0.3 is 20.9 Å². The van der Waals surface area contributed by atoms with E-state index in [-0.39, 0.29) is 5.91 Å². The van der Waals surface area contributed by atoms with Crippen molar-refractivity contribution >= 4 is 17.3 Å². The van der Waals surface area contributed by atoms with Gasteiger partial charge in [-0.25, -0.2) is 0 Å². The third-order valence-corrected chi connectivity index (χ3v) is 3.57. The normalized spacial score (nSPS) is 10.7. The maximum atomic E-state index is 11.9. The fourth-order valence-corrected chi connectivity index (χ4v) is 2.18. The third-order valence-electron chi connectivity index (χ3n) is 3.57. The highest BCUT2D eigenvalue weighted by Gasteiger charge is 2.09. The summed E-state index contributed by atoms with van der Waals surface area (Å²) in [5.41, 5.74) is 8.14. The zero-order chi connectivity index (χ0) is 15.8. The summed E-state index contributed by atoms with van der Waals surface area (Å²) in [6.07, 6.45) is 1.07. The lowest BCUT2D eigenvalue weighted by Crippen LogP contribution is -2.25. The first-order valence-electron chi connectivity index (χ1n) is 7.57. The van der Waals surface area contributed by atoms with Crippen LogP contribution in [0.4, 0.5) is 11.4 Å². The lowest BCUT2D eigenvalue weighted by atomic mass is 10.1. The molecule has 21 heavy (non-hydrogen) atoms. The molecule has 0 aliphatic heterocycles. The van der Waals surface area contributed by atoms with E-state index < -0.39 is 0 Å². The van der Waals surface area contributed by atoms with Gasteiger partial charge in [-0.3, -0.25) is 4.79 Å². The molecular formula is C16H28N4O. The minimum absolute atomic E-state index is 0.0326. The number of rotatable bonds is 8. The highest BCUT2D eigenvalue weighted by molar-refractivity contribution is 5.95. The summed E-state index contributed by atoms with van der Waals surface area (Å²) in [5, 5.41) is 3.34. The van der Waals surface area contributed by atoms with Gasteiger partial charge in [0.2, 0.25) is 0 Å². The Bertz CT molecular complexity index is 456. The van der Waals surface area contributed by atoms with Crippen molar-refractivity contribution in [1.29, 1.82) is 0 Å². The molecule has 0 saturated heterocycles. The summed E-state index contributed by atoms with van der Waals surface area (Å²) >= 11 is 0. The van der Waals surface area contributed by atoms with Crippen LogP contribution in [-0.4, -0.2) is 56.0 Å². The van der Waals surface area contributed by atoms with Crippen molar-refractivity contribution in [2.75, 3.05) is 51.3 Å². The summed E-state index contributed by atoms with van der Waals surface area (Å²) in [6, 6.07) is 5.42. The second-order valence-electron chi connectivity index (χ2n) is 5.31. The number of hydrogen-bond acceptors (Lipinski definition) is 4. The predicted octanol–water partition coefficient (Wildman–Crippen LogP) is 2.11. The van der Waals surface area contributed by atoms with E-state index in [1.807, 2.05) is 12.1 Å². The van der Waals surface area contributed by atoms with Crippen molar-refractivity contribution < 1.29 is 4.79 Å². The number of nitrogen functional groups attached to an aromatic ring is 1. The van der Waals surface area contributed by atoms with Crippen molar-refractivity contribution in [3.05, 3.63) is 23.8 Å². The Balaban J connectivity index is 2.52. The van der Waals surface area contributed by atoms with Crippen LogP contribution in [0.25, 0.3) is 0 Å². The monoisotopic (exact) mass is 292 g/mol. The van der Waals surface area contributed by atoms with Gasteiger partial charge in [0.25, 0.3) is 5.91 Å². The molecule has 0 aromatic heterocycles. The van der Waals surface area contributed by atoms with E-state index in [0.29, 0.717) is 11.3 Å². The Labute approximate surface area is 128 Å². The summed E-state index contributed by atoms with van der Waals surface area (Å²) < 4.78 is 0. The van der Waals surface area contributed by atoms with Crippen LogP contribution in [0.5, 0.6) is 0 Å². The number of benzene rings is 1. The molecule has 0 heterocycles. The molecular weight excluding hydrogens is 264 g/mol. The van der Waals surface area contributed by atoms with Crippen LogP contribution in [0.1, 0.15) is 30.6 Å². The number of hydrogen-bond donors (Lipinski definition) is 2.